The van der Waals surface area contributed by atoms with Crippen molar-refractivity contribution in [2.24, 2.45) is 0 Å². The van der Waals surface area contributed by atoms with E-state index in [0.717, 1.165) is 22.6 Å². The predicted octanol–water partition coefficient (Wildman–Crippen LogP) is 5.41. The number of carboxylic acids is 1. The number of nitrogens with zero attached hydrogens (tertiary/aromatic N) is 1. The average molecular weight is 521 g/mol. The third-order valence-electron chi connectivity index (χ3n) is 5.79. The van der Waals surface area contributed by atoms with Crippen molar-refractivity contribution >= 4 is 17.7 Å². The molecule has 0 fully saturated rings. The highest BCUT2D eigenvalue weighted by Gasteiger charge is 2.18. The highest BCUT2D eigenvalue weighted by Crippen LogP contribution is 2.15. The standard InChI is InChI=1S/C30H36N2O6/c1-3-36-28(29(33)34)22-24-12-16-27(17-13-24)38-21-19-32(18-7-20-37-26-8-5-4-6-9-26)30(35)31-25-14-10-23(2)11-15-25/h4-6,8-17,28H,3,7,18-22H2,1-2H3,(H,31,35)(H,33,34). The number of carboxylic acid groups (broad SMARTS) is 1. The third kappa shape index (κ3) is 9.78. The SMILES string of the molecule is CCOC(Cc1ccc(OCCN(CCCOc2ccccc2)C(=O)Nc2ccc(C)cc2)cc1)C(=O)O. The third-order valence-corrected chi connectivity index (χ3v) is 5.79. The lowest BCUT2D eigenvalue weighted by molar-refractivity contribution is -0.149. The van der Waals surface area contributed by atoms with Crippen molar-refractivity contribution in [3.05, 3.63) is 90.0 Å². The van der Waals surface area contributed by atoms with Gasteiger partial charge in [-0.15, -0.1) is 0 Å². The van der Waals surface area contributed by atoms with Crippen molar-refractivity contribution in [3.8, 4) is 11.5 Å². The molecule has 0 aliphatic heterocycles. The normalized spacial score (nSPS) is 11.4. The monoisotopic (exact) mass is 520 g/mol. The van der Waals surface area contributed by atoms with Crippen LogP contribution in [0.25, 0.3) is 0 Å². The van der Waals surface area contributed by atoms with Gasteiger partial charge in [-0.2, -0.15) is 0 Å². The number of nitrogens with one attached hydrogen (secondary N) is 1. The van der Waals surface area contributed by atoms with Crippen LogP contribution in [0.1, 0.15) is 24.5 Å². The molecule has 3 aromatic carbocycles. The van der Waals surface area contributed by atoms with E-state index in [1.807, 2.05) is 73.7 Å². The molecule has 0 heterocycles. The molecule has 0 aliphatic rings. The van der Waals surface area contributed by atoms with Crippen LogP contribution in [0.2, 0.25) is 0 Å². The van der Waals surface area contributed by atoms with E-state index in [4.69, 9.17) is 14.2 Å². The summed E-state index contributed by atoms with van der Waals surface area (Å²) in [6.07, 6.45) is 0.0648. The van der Waals surface area contributed by atoms with E-state index in [-0.39, 0.29) is 12.5 Å². The van der Waals surface area contributed by atoms with Crippen LogP contribution >= 0.6 is 0 Å². The van der Waals surface area contributed by atoms with E-state index in [1.165, 1.54) is 0 Å². The fourth-order valence-corrected chi connectivity index (χ4v) is 3.74. The van der Waals surface area contributed by atoms with Crippen LogP contribution in [-0.4, -0.2) is 61.0 Å². The van der Waals surface area contributed by atoms with Crippen molar-refractivity contribution in [2.45, 2.75) is 32.8 Å². The summed E-state index contributed by atoms with van der Waals surface area (Å²) in [5.74, 6) is 0.458. The van der Waals surface area contributed by atoms with Gasteiger partial charge < -0.3 is 29.5 Å². The lowest BCUT2D eigenvalue weighted by atomic mass is 10.1. The fraction of sp³-hybridized carbons (Fsp3) is 0.333. The zero-order chi connectivity index (χ0) is 27.2. The van der Waals surface area contributed by atoms with Crippen LogP contribution in [0.5, 0.6) is 11.5 Å². The number of amides is 2. The highest BCUT2D eigenvalue weighted by atomic mass is 16.5. The van der Waals surface area contributed by atoms with Crippen LogP contribution in [0.15, 0.2) is 78.9 Å². The lowest BCUT2D eigenvalue weighted by Crippen LogP contribution is -2.39. The predicted molar refractivity (Wildman–Crippen MR) is 147 cm³/mol. The van der Waals surface area contributed by atoms with Gasteiger partial charge in [0.15, 0.2) is 6.10 Å². The molecular formula is C30H36N2O6. The number of ether oxygens (including phenoxy) is 3. The van der Waals surface area contributed by atoms with E-state index in [1.54, 1.807) is 24.0 Å². The number of urea groups is 1. The average Bonchev–Trinajstić information content (AvgIpc) is 2.92. The molecule has 38 heavy (non-hydrogen) atoms. The Morgan fingerprint density at radius 2 is 1.53 bits per heavy atom. The van der Waals surface area contributed by atoms with E-state index in [9.17, 15) is 14.7 Å². The smallest absolute Gasteiger partial charge is 0.333 e. The van der Waals surface area contributed by atoms with E-state index in [0.29, 0.717) is 45.1 Å². The van der Waals surface area contributed by atoms with Gasteiger partial charge >= 0.3 is 12.0 Å². The summed E-state index contributed by atoms with van der Waals surface area (Å²) in [6, 6.07) is 24.3. The van der Waals surface area contributed by atoms with Crippen LogP contribution in [0.3, 0.4) is 0 Å². The van der Waals surface area contributed by atoms with Gasteiger partial charge in [0.25, 0.3) is 0 Å². The number of rotatable bonds is 15. The number of hydrogen-bond acceptors (Lipinski definition) is 5. The number of carbonyl (C=O) groups is 2. The van der Waals surface area contributed by atoms with Gasteiger partial charge in [0.1, 0.15) is 18.1 Å². The number of anilines is 1. The Bertz CT molecular complexity index is 1120. The number of carbonyl (C=O) groups excluding carboxylic acids is 1. The first-order valence-electron chi connectivity index (χ1n) is 12.8. The van der Waals surface area contributed by atoms with E-state index in [2.05, 4.69) is 5.32 Å². The number of hydrogen-bond donors (Lipinski definition) is 2. The first kappa shape index (κ1) is 28.5. The van der Waals surface area contributed by atoms with E-state index < -0.39 is 12.1 Å². The quantitative estimate of drug-likeness (QED) is 0.260. The maximum Gasteiger partial charge on any atom is 0.333 e. The minimum absolute atomic E-state index is 0.205. The Balaban J connectivity index is 1.53. The minimum atomic E-state index is -0.981. The topological polar surface area (TPSA) is 97.3 Å². The van der Waals surface area contributed by atoms with Gasteiger partial charge in [0, 0.05) is 25.3 Å². The Morgan fingerprint density at radius 3 is 2.18 bits per heavy atom. The molecule has 1 unspecified atom stereocenters. The van der Waals surface area contributed by atoms with Gasteiger partial charge in [0.05, 0.1) is 13.2 Å². The Labute approximate surface area is 224 Å². The van der Waals surface area contributed by atoms with Crippen LogP contribution in [0.4, 0.5) is 10.5 Å². The van der Waals surface area contributed by atoms with Crippen LogP contribution in [0, 0.1) is 6.92 Å². The summed E-state index contributed by atoms with van der Waals surface area (Å²) in [5, 5.41) is 12.2. The molecule has 0 spiro atoms. The summed E-state index contributed by atoms with van der Waals surface area (Å²) in [5.41, 5.74) is 2.69. The lowest BCUT2D eigenvalue weighted by Gasteiger charge is -2.23. The van der Waals surface area contributed by atoms with E-state index >= 15 is 0 Å². The molecular weight excluding hydrogens is 484 g/mol. The fourth-order valence-electron chi connectivity index (χ4n) is 3.74. The molecule has 0 saturated heterocycles. The van der Waals surface area contributed by atoms with Crippen molar-refractivity contribution in [3.63, 3.8) is 0 Å². The minimum Gasteiger partial charge on any atom is -0.494 e. The van der Waals surface area contributed by atoms with Crippen molar-refractivity contribution in [2.75, 3.05) is 38.2 Å². The summed E-state index contributed by atoms with van der Waals surface area (Å²) >= 11 is 0. The Hall–Kier alpha value is -4.04. The molecule has 0 bridgehead atoms. The second-order valence-electron chi connectivity index (χ2n) is 8.78. The van der Waals surface area contributed by atoms with Gasteiger partial charge in [-0.25, -0.2) is 9.59 Å². The molecule has 1 atom stereocenters. The van der Waals surface area contributed by atoms with Crippen molar-refractivity contribution < 1.29 is 28.9 Å². The zero-order valence-corrected chi connectivity index (χ0v) is 22.0. The molecule has 8 nitrogen and oxygen atoms in total. The Kier molecular flexibility index (Phi) is 11.5. The molecule has 0 aliphatic carbocycles. The summed E-state index contributed by atoms with van der Waals surface area (Å²) < 4.78 is 16.9. The molecule has 2 amide bonds. The highest BCUT2D eigenvalue weighted by molar-refractivity contribution is 5.89. The maximum absolute atomic E-state index is 13.0. The number of aryl methyl sites for hydroxylation is 1. The second kappa shape index (κ2) is 15.3. The Morgan fingerprint density at radius 1 is 0.868 bits per heavy atom. The summed E-state index contributed by atoms with van der Waals surface area (Å²) in [4.78, 5) is 26.1. The van der Waals surface area contributed by atoms with Gasteiger partial charge in [-0.3, -0.25) is 0 Å². The molecule has 0 radical (unpaired) electrons. The second-order valence-corrected chi connectivity index (χ2v) is 8.78. The molecule has 202 valence electrons. The zero-order valence-electron chi connectivity index (χ0n) is 22.0. The largest absolute Gasteiger partial charge is 0.494 e. The van der Waals surface area contributed by atoms with Gasteiger partial charge in [0.2, 0.25) is 0 Å². The van der Waals surface area contributed by atoms with Crippen molar-refractivity contribution in [1.29, 1.82) is 0 Å². The molecule has 8 heteroatoms. The molecule has 2 N–H and O–H groups in total. The van der Waals surface area contributed by atoms with Crippen LogP contribution in [-0.2, 0) is 16.0 Å². The maximum atomic E-state index is 13.0. The van der Waals surface area contributed by atoms with Crippen molar-refractivity contribution in [1.82, 2.24) is 4.90 Å². The molecule has 0 aromatic heterocycles. The molecule has 0 saturated carbocycles. The number of aliphatic carboxylic acids is 1. The first-order chi connectivity index (χ1) is 18.4. The first-order valence-corrected chi connectivity index (χ1v) is 12.8. The van der Waals surface area contributed by atoms with Gasteiger partial charge in [-0.1, -0.05) is 48.0 Å². The molecule has 3 rings (SSSR count). The summed E-state index contributed by atoms with van der Waals surface area (Å²) in [7, 11) is 0. The molecule has 3 aromatic rings. The summed E-state index contributed by atoms with van der Waals surface area (Å²) in [6.45, 7) is 5.78. The number of benzene rings is 3. The van der Waals surface area contributed by atoms with Gasteiger partial charge in [-0.05, 0) is 62.2 Å². The number of para-hydroxylation sites is 1. The van der Waals surface area contributed by atoms with Crippen LogP contribution < -0.4 is 14.8 Å².